The molecule has 8 heteroatoms. The van der Waals surface area contributed by atoms with Gasteiger partial charge in [-0.2, -0.15) is 4.98 Å². The molecule has 3 aromatic carbocycles. The molecule has 172 valence electrons. The Hall–Kier alpha value is -4.33. The summed E-state index contributed by atoms with van der Waals surface area (Å²) in [5.41, 5.74) is 3.32. The second-order valence-corrected chi connectivity index (χ2v) is 7.96. The van der Waals surface area contributed by atoms with Gasteiger partial charge >= 0.3 is 0 Å². The summed E-state index contributed by atoms with van der Waals surface area (Å²) >= 11 is 0. The van der Waals surface area contributed by atoms with E-state index >= 15 is 0 Å². The van der Waals surface area contributed by atoms with Crippen molar-refractivity contribution in [1.82, 2.24) is 15.0 Å². The zero-order valence-electron chi connectivity index (χ0n) is 18.8. The fourth-order valence-corrected chi connectivity index (χ4v) is 3.57. The summed E-state index contributed by atoms with van der Waals surface area (Å²) in [4.78, 5) is 30.0. The number of hydrogen-bond acceptors (Lipinski definition) is 6. The van der Waals surface area contributed by atoms with Gasteiger partial charge in [0.25, 0.3) is 11.6 Å². The average molecular weight is 457 g/mol. The highest BCUT2D eigenvalue weighted by molar-refractivity contribution is 5.94. The van der Waals surface area contributed by atoms with Gasteiger partial charge in [0.2, 0.25) is 11.7 Å². The summed E-state index contributed by atoms with van der Waals surface area (Å²) in [6.07, 6.45) is 1.09. The first-order valence-electron chi connectivity index (χ1n) is 11.0. The molecule has 0 spiro atoms. The van der Waals surface area contributed by atoms with Gasteiger partial charge in [-0.1, -0.05) is 65.3 Å². The molecule has 4 rings (SSSR count). The minimum atomic E-state index is -0.466. The second-order valence-electron chi connectivity index (χ2n) is 7.96. The van der Waals surface area contributed by atoms with Crippen LogP contribution >= 0.6 is 0 Å². The molecule has 0 radical (unpaired) electrons. The number of nitro benzene ring substituents is 1. The zero-order valence-corrected chi connectivity index (χ0v) is 18.8. The highest BCUT2D eigenvalue weighted by atomic mass is 16.6. The Kier molecular flexibility index (Phi) is 7.07. The Labute approximate surface area is 197 Å². The van der Waals surface area contributed by atoms with Crippen LogP contribution in [0.1, 0.15) is 27.4 Å². The Morgan fingerprint density at radius 2 is 1.71 bits per heavy atom. The zero-order chi connectivity index (χ0) is 23.9. The van der Waals surface area contributed by atoms with Crippen LogP contribution in [0.15, 0.2) is 83.4 Å². The monoisotopic (exact) mass is 456 g/mol. The van der Waals surface area contributed by atoms with E-state index in [1.54, 1.807) is 17.0 Å². The number of aromatic nitrogens is 2. The van der Waals surface area contributed by atoms with Gasteiger partial charge in [-0.05, 0) is 31.0 Å². The van der Waals surface area contributed by atoms with Gasteiger partial charge in [0.15, 0.2) is 0 Å². The van der Waals surface area contributed by atoms with Crippen molar-refractivity contribution < 1.29 is 14.2 Å². The number of nitro groups is 1. The van der Waals surface area contributed by atoms with E-state index in [1.165, 1.54) is 12.1 Å². The Bertz CT molecular complexity index is 1270. The molecule has 8 nitrogen and oxygen atoms in total. The molecule has 0 aliphatic rings. The van der Waals surface area contributed by atoms with Crippen LogP contribution in [0.3, 0.4) is 0 Å². The van der Waals surface area contributed by atoms with Crippen LogP contribution in [0, 0.1) is 17.0 Å². The van der Waals surface area contributed by atoms with Gasteiger partial charge in [-0.15, -0.1) is 0 Å². The number of aryl methyl sites for hydroxylation is 1. The van der Waals surface area contributed by atoms with Gasteiger partial charge in [-0.25, -0.2) is 0 Å². The largest absolute Gasteiger partial charge is 0.339 e. The number of hydrogen-bond donors (Lipinski definition) is 0. The maximum Gasteiger partial charge on any atom is 0.270 e. The topological polar surface area (TPSA) is 102 Å². The average Bonchev–Trinajstić information content (AvgIpc) is 3.34. The lowest BCUT2D eigenvalue weighted by Crippen LogP contribution is -2.34. The number of nitrogens with zero attached hydrogens (tertiary/aromatic N) is 4. The van der Waals surface area contributed by atoms with E-state index in [9.17, 15) is 14.9 Å². The highest BCUT2D eigenvalue weighted by Gasteiger charge is 2.18. The minimum absolute atomic E-state index is 0.0420. The standard InChI is InChI=1S/C26H24N4O4/c1-19-10-12-21(13-11-19)26(31)29(16-14-20-6-3-2-4-7-20)17-15-24-27-25(28-34-24)22-8-5-9-23(18-22)30(32)33/h2-13,18H,14-17H2,1H3. The predicted molar refractivity (Wildman–Crippen MR) is 127 cm³/mol. The number of amides is 1. The van der Waals surface area contributed by atoms with Crippen molar-refractivity contribution >= 4 is 11.6 Å². The van der Waals surface area contributed by atoms with E-state index in [2.05, 4.69) is 10.1 Å². The van der Waals surface area contributed by atoms with Crippen LogP contribution in [0.4, 0.5) is 5.69 Å². The van der Waals surface area contributed by atoms with Crippen molar-refractivity contribution in [3.05, 3.63) is 112 Å². The fourth-order valence-electron chi connectivity index (χ4n) is 3.57. The third kappa shape index (κ3) is 5.72. The third-order valence-corrected chi connectivity index (χ3v) is 5.48. The molecule has 0 saturated carbocycles. The normalized spacial score (nSPS) is 10.7. The van der Waals surface area contributed by atoms with Crippen molar-refractivity contribution in [2.24, 2.45) is 0 Å². The number of carbonyl (C=O) groups excluding carboxylic acids is 1. The van der Waals surface area contributed by atoms with Gasteiger partial charge in [0.05, 0.1) is 4.92 Å². The quantitative estimate of drug-likeness (QED) is 0.263. The summed E-state index contributed by atoms with van der Waals surface area (Å²) in [5.74, 6) is 0.580. The van der Waals surface area contributed by atoms with Crippen molar-refractivity contribution in [2.45, 2.75) is 19.8 Å². The maximum absolute atomic E-state index is 13.2. The molecule has 0 atom stereocenters. The lowest BCUT2D eigenvalue weighted by Gasteiger charge is -2.22. The number of benzene rings is 3. The fraction of sp³-hybridized carbons (Fsp3) is 0.192. The van der Waals surface area contributed by atoms with E-state index in [0.717, 1.165) is 17.5 Å². The first kappa shape index (κ1) is 22.8. The van der Waals surface area contributed by atoms with Crippen LogP contribution in [0.2, 0.25) is 0 Å². The molecular weight excluding hydrogens is 432 g/mol. The molecule has 4 aromatic rings. The third-order valence-electron chi connectivity index (χ3n) is 5.48. The summed E-state index contributed by atoms with van der Waals surface area (Å²) in [5, 5.41) is 15.0. The predicted octanol–water partition coefficient (Wildman–Crippen LogP) is 4.88. The van der Waals surface area contributed by atoms with Gasteiger partial charge in [-0.3, -0.25) is 14.9 Å². The maximum atomic E-state index is 13.2. The molecule has 34 heavy (non-hydrogen) atoms. The number of carbonyl (C=O) groups is 1. The van der Waals surface area contributed by atoms with E-state index < -0.39 is 4.92 Å². The van der Waals surface area contributed by atoms with Crippen molar-refractivity contribution in [2.75, 3.05) is 13.1 Å². The van der Waals surface area contributed by atoms with E-state index in [1.807, 2.05) is 61.5 Å². The second kappa shape index (κ2) is 10.5. The van der Waals surface area contributed by atoms with Gasteiger partial charge in [0.1, 0.15) is 0 Å². The molecular formula is C26H24N4O4. The highest BCUT2D eigenvalue weighted by Crippen LogP contribution is 2.21. The van der Waals surface area contributed by atoms with Crippen molar-refractivity contribution in [3.63, 3.8) is 0 Å². The molecule has 1 aromatic heterocycles. The van der Waals surface area contributed by atoms with Crippen LogP contribution in [-0.4, -0.2) is 39.0 Å². The summed E-state index contributed by atoms with van der Waals surface area (Å²) in [6, 6.07) is 23.6. The first-order valence-corrected chi connectivity index (χ1v) is 11.0. The Morgan fingerprint density at radius 1 is 0.971 bits per heavy atom. The molecule has 0 unspecified atom stereocenters. The minimum Gasteiger partial charge on any atom is -0.339 e. The molecule has 0 saturated heterocycles. The number of rotatable bonds is 9. The summed E-state index contributed by atoms with van der Waals surface area (Å²) in [6.45, 7) is 2.93. The van der Waals surface area contributed by atoms with Crippen LogP contribution < -0.4 is 0 Å². The van der Waals surface area contributed by atoms with E-state index in [0.29, 0.717) is 36.5 Å². The molecule has 1 heterocycles. The first-order chi connectivity index (χ1) is 16.5. The van der Waals surface area contributed by atoms with E-state index in [4.69, 9.17) is 4.52 Å². The van der Waals surface area contributed by atoms with Crippen molar-refractivity contribution in [3.8, 4) is 11.4 Å². The molecule has 0 aliphatic carbocycles. The molecule has 0 N–H and O–H groups in total. The van der Waals surface area contributed by atoms with E-state index in [-0.39, 0.29) is 17.4 Å². The summed E-state index contributed by atoms with van der Waals surface area (Å²) in [7, 11) is 0. The summed E-state index contributed by atoms with van der Waals surface area (Å²) < 4.78 is 5.36. The lowest BCUT2D eigenvalue weighted by molar-refractivity contribution is -0.384. The SMILES string of the molecule is Cc1ccc(C(=O)N(CCc2ccccc2)CCc2nc(-c3cccc([N+](=O)[O-])c3)no2)cc1. The Morgan fingerprint density at radius 3 is 2.44 bits per heavy atom. The lowest BCUT2D eigenvalue weighted by atomic mass is 10.1. The molecule has 0 bridgehead atoms. The van der Waals surface area contributed by atoms with Crippen LogP contribution in [0.5, 0.6) is 0 Å². The van der Waals surface area contributed by atoms with Gasteiger partial charge in [0, 0.05) is 42.8 Å². The van der Waals surface area contributed by atoms with Crippen molar-refractivity contribution in [1.29, 1.82) is 0 Å². The van der Waals surface area contributed by atoms with Gasteiger partial charge < -0.3 is 9.42 Å². The smallest absolute Gasteiger partial charge is 0.270 e. The number of non-ortho nitro benzene ring substituents is 1. The molecule has 0 fully saturated rings. The molecule has 1 amide bonds. The van der Waals surface area contributed by atoms with Crippen LogP contribution in [-0.2, 0) is 12.8 Å². The Balaban J connectivity index is 1.47. The van der Waals surface area contributed by atoms with Crippen LogP contribution in [0.25, 0.3) is 11.4 Å². The molecule has 0 aliphatic heterocycles.